The Hall–Kier alpha value is -2.62. The molecule has 8 nitrogen and oxygen atoms in total. The van der Waals surface area contributed by atoms with Crippen molar-refractivity contribution in [2.45, 2.75) is 58.0 Å². The molecule has 182 valence electrons. The lowest BCUT2D eigenvalue weighted by Gasteiger charge is -2.38. The number of aromatic hydroxyl groups is 1. The Kier molecular flexibility index (Phi) is 7.52. The summed E-state index contributed by atoms with van der Waals surface area (Å²) < 4.78 is 37.7. The Labute approximate surface area is 196 Å². The summed E-state index contributed by atoms with van der Waals surface area (Å²) in [6.07, 6.45) is 1.31. The largest absolute Gasteiger partial charge is 0.744 e. The average Bonchev–Trinajstić information content (AvgIpc) is 2.69. The van der Waals surface area contributed by atoms with Crippen LogP contribution in [0.15, 0.2) is 29.2 Å². The summed E-state index contributed by atoms with van der Waals surface area (Å²) in [5.74, 6) is 0.964. The summed E-state index contributed by atoms with van der Waals surface area (Å²) in [5, 5.41) is 10.2. The number of quaternary nitrogens is 1. The maximum Gasteiger partial charge on any atom is 0.308 e. The summed E-state index contributed by atoms with van der Waals surface area (Å²) in [4.78, 5) is 12.4. The smallest absolute Gasteiger partial charge is 0.308 e. The molecule has 0 aromatic heterocycles. The van der Waals surface area contributed by atoms with Crippen LogP contribution in [0.4, 0.5) is 0 Å². The molecule has 1 heterocycles. The van der Waals surface area contributed by atoms with Crippen molar-refractivity contribution < 1.29 is 32.2 Å². The molecule has 0 bridgehead atoms. The van der Waals surface area contributed by atoms with Crippen LogP contribution in [0.5, 0.6) is 11.5 Å². The molecule has 2 aromatic carbocycles. The predicted octanol–water partition coefficient (Wildman–Crippen LogP) is 3.04. The molecular weight excluding hydrogens is 444 g/mol. The quantitative estimate of drug-likeness (QED) is 0.398. The molecule has 0 saturated heterocycles. The first-order valence-electron chi connectivity index (χ1n) is 10.6. The van der Waals surface area contributed by atoms with Crippen LogP contribution in [-0.2, 0) is 21.3 Å². The minimum Gasteiger partial charge on any atom is -0.744 e. The van der Waals surface area contributed by atoms with Crippen LogP contribution in [0.25, 0.3) is 0 Å². The van der Waals surface area contributed by atoms with E-state index >= 15 is 0 Å². The van der Waals surface area contributed by atoms with E-state index in [1.54, 1.807) is 12.1 Å². The van der Waals surface area contributed by atoms with Gasteiger partial charge in [-0.05, 0) is 69.9 Å². The second kappa shape index (κ2) is 9.32. The van der Waals surface area contributed by atoms with Gasteiger partial charge < -0.3 is 14.4 Å². The molecule has 1 atom stereocenters. The lowest BCUT2D eigenvalue weighted by Crippen LogP contribution is -2.60. The topological polar surface area (TPSA) is 116 Å². The number of nitrogens with one attached hydrogen (secondary N) is 1. The molecule has 0 radical (unpaired) electrons. The fourth-order valence-electron chi connectivity index (χ4n) is 3.54. The van der Waals surface area contributed by atoms with Crippen LogP contribution >= 0.6 is 0 Å². The molecule has 0 aliphatic carbocycles. The average molecular weight is 479 g/mol. The second-order valence-corrected chi connectivity index (χ2v) is 11.0. The first-order chi connectivity index (χ1) is 15.0. The summed E-state index contributed by atoms with van der Waals surface area (Å²) in [6.45, 7) is 9.36. The van der Waals surface area contributed by atoms with Gasteiger partial charge >= 0.3 is 5.91 Å². The molecule has 0 saturated carbocycles. The van der Waals surface area contributed by atoms with Gasteiger partial charge in [0.2, 0.25) is 0 Å². The number of rotatable bonds is 3. The number of phenolic OH excluding ortho intramolecular Hbond substituents is 1. The van der Waals surface area contributed by atoms with Gasteiger partial charge in [-0.1, -0.05) is 17.7 Å². The molecule has 2 N–H and O–H groups in total. The molecule has 3 rings (SSSR count). The standard InChI is InChI=1S/C17H26N2O3.C7H8O3S/c1-10-11(2)15-13(12(3)14(10)20)8-9-17(4,22-15)16(21)18-19(5,6)7;1-6-2-4-7(5-3-6)11(8,9)10/h8-9H2,1-7H3,(H-,18,20,21);2-5H,1H3,(H,8,9,10). The van der Waals surface area contributed by atoms with E-state index in [-0.39, 0.29) is 10.8 Å². The number of carbonyl (C=O) groups is 1. The maximum atomic E-state index is 12.6. The minimum atomic E-state index is -4.27. The van der Waals surface area contributed by atoms with Crippen molar-refractivity contribution >= 4 is 16.0 Å². The van der Waals surface area contributed by atoms with E-state index in [0.29, 0.717) is 16.8 Å². The van der Waals surface area contributed by atoms with Crippen molar-refractivity contribution in [3.63, 3.8) is 0 Å². The zero-order valence-electron chi connectivity index (χ0n) is 20.6. The van der Waals surface area contributed by atoms with E-state index in [1.807, 2.05) is 55.8 Å². The Morgan fingerprint density at radius 2 is 1.61 bits per heavy atom. The zero-order valence-corrected chi connectivity index (χ0v) is 21.4. The minimum absolute atomic E-state index is 0.117. The number of carbonyl (C=O) groups excluding carboxylic acids is 1. The SMILES string of the molecule is Cc1c(C)c2c(c(C)c1O)CCC(C)(C(=O)N[N+](C)(C)C)O2.Cc1ccc(S(=O)(=O)[O-])cc1. The van der Waals surface area contributed by atoms with Gasteiger partial charge in [0.05, 0.1) is 26.0 Å². The third kappa shape index (κ3) is 6.25. The molecule has 33 heavy (non-hydrogen) atoms. The number of amides is 1. The highest BCUT2D eigenvalue weighted by atomic mass is 32.2. The molecule has 9 heteroatoms. The monoisotopic (exact) mass is 478 g/mol. The summed E-state index contributed by atoms with van der Waals surface area (Å²) >= 11 is 0. The number of ether oxygens (including phenoxy) is 1. The van der Waals surface area contributed by atoms with Gasteiger partial charge in [0.25, 0.3) is 0 Å². The summed E-state index contributed by atoms with van der Waals surface area (Å²) in [6, 6.07) is 5.78. The lowest BCUT2D eigenvalue weighted by molar-refractivity contribution is -0.906. The van der Waals surface area contributed by atoms with Crippen molar-refractivity contribution in [2.75, 3.05) is 21.1 Å². The van der Waals surface area contributed by atoms with E-state index in [1.165, 1.54) is 12.1 Å². The highest BCUT2D eigenvalue weighted by Crippen LogP contribution is 2.43. The van der Waals surface area contributed by atoms with E-state index in [9.17, 15) is 22.9 Å². The number of hydrogen-bond donors (Lipinski definition) is 2. The molecule has 0 fully saturated rings. The van der Waals surface area contributed by atoms with Crippen LogP contribution in [0.3, 0.4) is 0 Å². The normalized spacial score (nSPS) is 17.8. The van der Waals surface area contributed by atoms with Crippen molar-refractivity contribution in [3.8, 4) is 11.5 Å². The van der Waals surface area contributed by atoms with Gasteiger partial charge in [-0.15, -0.1) is 0 Å². The van der Waals surface area contributed by atoms with E-state index in [0.717, 1.165) is 40.0 Å². The van der Waals surface area contributed by atoms with Gasteiger partial charge in [0.1, 0.15) is 21.6 Å². The van der Waals surface area contributed by atoms with Crippen molar-refractivity contribution in [3.05, 3.63) is 52.1 Å². The molecule has 1 amide bonds. The van der Waals surface area contributed by atoms with Crippen molar-refractivity contribution in [1.82, 2.24) is 5.43 Å². The van der Waals surface area contributed by atoms with E-state index in [2.05, 4.69) is 5.43 Å². The van der Waals surface area contributed by atoms with Crippen LogP contribution in [-0.4, -0.2) is 55.3 Å². The number of benzene rings is 2. The Morgan fingerprint density at radius 3 is 2.09 bits per heavy atom. The van der Waals surface area contributed by atoms with Gasteiger partial charge in [-0.2, -0.15) is 5.43 Å². The van der Waals surface area contributed by atoms with E-state index in [4.69, 9.17) is 4.74 Å². The second-order valence-electron chi connectivity index (χ2n) is 9.58. The van der Waals surface area contributed by atoms with Crippen LogP contribution in [0, 0.1) is 27.7 Å². The molecule has 2 aromatic rings. The first kappa shape index (κ1) is 26.6. The number of phenols is 1. The van der Waals surface area contributed by atoms with Crippen molar-refractivity contribution in [1.29, 1.82) is 0 Å². The third-order valence-corrected chi connectivity index (χ3v) is 6.60. The van der Waals surface area contributed by atoms with Gasteiger partial charge in [-0.3, -0.25) is 4.79 Å². The predicted molar refractivity (Wildman–Crippen MR) is 125 cm³/mol. The van der Waals surface area contributed by atoms with Gasteiger partial charge in [-0.25, -0.2) is 13.0 Å². The lowest BCUT2D eigenvalue weighted by atomic mass is 9.87. The number of nitrogens with zero attached hydrogens (tertiary/aromatic N) is 1. The van der Waals surface area contributed by atoms with Crippen LogP contribution < -0.4 is 10.2 Å². The van der Waals surface area contributed by atoms with E-state index < -0.39 is 15.7 Å². The fourth-order valence-corrected chi connectivity index (χ4v) is 4.00. The highest BCUT2D eigenvalue weighted by Gasteiger charge is 2.42. The number of hydrogen-bond acceptors (Lipinski definition) is 6. The molecule has 0 spiro atoms. The zero-order chi connectivity index (χ0) is 25.4. The molecule has 1 aliphatic rings. The molecule has 1 unspecified atom stereocenters. The summed E-state index contributed by atoms with van der Waals surface area (Å²) in [5.41, 5.74) is 6.56. The van der Waals surface area contributed by atoms with Gasteiger partial charge in [0, 0.05) is 12.0 Å². The third-order valence-electron chi connectivity index (χ3n) is 5.75. The summed E-state index contributed by atoms with van der Waals surface area (Å²) in [7, 11) is 1.43. The maximum absolute atomic E-state index is 12.6. The Bertz CT molecular complexity index is 1150. The number of fused-ring (bicyclic) bond motifs is 1. The molecular formula is C24H34N2O6S. The molecule has 1 aliphatic heterocycles. The highest BCUT2D eigenvalue weighted by molar-refractivity contribution is 7.85. The van der Waals surface area contributed by atoms with Crippen LogP contribution in [0.2, 0.25) is 0 Å². The first-order valence-corrected chi connectivity index (χ1v) is 12.0. The van der Waals surface area contributed by atoms with Crippen molar-refractivity contribution in [2.24, 2.45) is 0 Å². The fraction of sp³-hybridized carbons (Fsp3) is 0.458. The Balaban J connectivity index is 0.000000294. The Morgan fingerprint density at radius 1 is 1.06 bits per heavy atom. The number of aryl methyl sites for hydroxylation is 1. The van der Waals surface area contributed by atoms with Gasteiger partial charge in [0.15, 0.2) is 5.60 Å². The van der Waals surface area contributed by atoms with Crippen LogP contribution in [0.1, 0.15) is 41.2 Å².